The molecule has 0 bridgehead atoms. The SMILES string of the molecule is C=CC[C@@H](O)COc1cc2c(cc1C1(c3cc4c(cc3OC[C@H](O)CC=C)OCO4)C(=O)Nc3cc(F)ccc31)OCC2. The smallest absolute Gasteiger partial charge is 0.244 e. The summed E-state index contributed by atoms with van der Waals surface area (Å²) >= 11 is 0. The number of ether oxygens (including phenoxy) is 5. The van der Waals surface area contributed by atoms with Crippen molar-refractivity contribution >= 4 is 11.6 Å². The molecule has 3 heterocycles. The highest BCUT2D eigenvalue weighted by Crippen LogP contribution is 2.56. The standard InChI is InChI=1S/C33H32FNO8/c1-3-5-21(36)16-40-28-11-19-9-10-39-27(19)13-24(28)33(23-8-7-20(34)12-26(23)35-32(33)38)25-14-30-31(43-18-42-30)15-29(25)41-17-22(37)6-4-2/h3-4,7-8,11-15,21-22,36-37H,1-2,5-6,9-10,16-18H2,(H,35,38)/t21-,22-,33?/m1/s1. The van der Waals surface area contributed by atoms with Gasteiger partial charge in [0.1, 0.15) is 41.7 Å². The van der Waals surface area contributed by atoms with Crippen LogP contribution in [0.25, 0.3) is 0 Å². The van der Waals surface area contributed by atoms with Gasteiger partial charge in [-0.15, -0.1) is 13.2 Å². The first-order chi connectivity index (χ1) is 20.8. The lowest BCUT2D eigenvalue weighted by atomic mass is 9.69. The Morgan fingerprint density at radius 2 is 1.51 bits per heavy atom. The number of anilines is 1. The largest absolute Gasteiger partial charge is 0.493 e. The molecule has 0 spiro atoms. The molecular weight excluding hydrogens is 557 g/mol. The first-order valence-electron chi connectivity index (χ1n) is 14.0. The van der Waals surface area contributed by atoms with E-state index in [1.165, 1.54) is 12.1 Å². The molecule has 9 nitrogen and oxygen atoms in total. The molecule has 1 unspecified atom stereocenters. The Morgan fingerprint density at radius 1 is 0.884 bits per heavy atom. The molecule has 43 heavy (non-hydrogen) atoms. The van der Waals surface area contributed by atoms with E-state index in [0.29, 0.717) is 65.6 Å². The second-order valence-corrected chi connectivity index (χ2v) is 10.6. The Morgan fingerprint density at radius 3 is 2.19 bits per heavy atom. The fourth-order valence-corrected chi connectivity index (χ4v) is 5.81. The lowest BCUT2D eigenvalue weighted by molar-refractivity contribution is -0.118. The van der Waals surface area contributed by atoms with Crippen LogP contribution in [0.2, 0.25) is 0 Å². The number of carbonyl (C=O) groups is 1. The summed E-state index contributed by atoms with van der Waals surface area (Å²) in [7, 11) is 0. The van der Waals surface area contributed by atoms with Crippen molar-refractivity contribution in [3.63, 3.8) is 0 Å². The molecule has 224 valence electrons. The molecule has 0 aliphatic carbocycles. The topological polar surface area (TPSA) is 116 Å². The monoisotopic (exact) mass is 589 g/mol. The van der Waals surface area contributed by atoms with Crippen LogP contribution in [0, 0.1) is 5.82 Å². The number of carbonyl (C=O) groups excluding carboxylic acids is 1. The summed E-state index contributed by atoms with van der Waals surface area (Å²) < 4.78 is 44.2. The normalized spacial score (nSPS) is 19.1. The average Bonchev–Trinajstić information content (AvgIpc) is 3.71. The highest BCUT2D eigenvalue weighted by Gasteiger charge is 2.54. The van der Waals surface area contributed by atoms with Gasteiger partial charge < -0.3 is 39.2 Å². The maximum absolute atomic E-state index is 14.5. The molecule has 3 aliphatic heterocycles. The molecule has 0 aromatic heterocycles. The van der Waals surface area contributed by atoms with Crippen molar-refractivity contribution in [2.24, 2.45) is 0 Å². The van der Waals surface area contributed by atoms with E-state index in [2.05, 4.69) is 18.5 Å². The van der Waals surface area contributed by atoms with E-state index < -0.39 is 29.3 Å². The molecule has 3 aliphatic rings. The van der Waals surface area contributed by atoms with Crippen molar-refractivity contribution in [1.82, 2.24) is 0 Å². The Labute approximate surface area is 248 Å². The van der Waals surface area contributed by atoms with Crippen LogP contribution in [0.4, 0.5) is 10.1 Å². The van der Waals surface area contributed by atoms with Gasteiger partial charge in [-0.25, -0.2) is 4.39 Å². The molecule has 3 aromatic rings. The third kappa shape index (κ3) is 5.06. The van der Waals surface area contributed by atoms with Gasteiger partial charge in [0, 0.05) is 40.4 Å². The summed E-state index contributed by atoms with van der Waals surface area (Å²) in [6.45, 7) is 7.62. The van der Waals surface area contributed by atoms with Crippen LogP contribution in [0.3, 0.4) is 0 Å². The first kappa shape index (κ1) is 28.6. The van der Waals surface area contributed by atoms with Gasteiger partial charge >= 0.3 is 0 Å². The average molecular weight is 590 g/mol. The zero-order valence-corrected chi connectivity index (χ0v) is 23.4. The molecule has 6 rings (SSSR count). The lowest BCUT2D eigenvalue weighted by Crippen LogP contribution is -2.38. The molecular formula is C33H32FNO8. The number of aliphatic hydroxyl groups is 2. The molecule has 10 heteroatoms. The highest BCUT2D eigenvalue weighted by molar-refractivity contribution is 6.12. The number of hydrogen-bond donors (Lipinski definition) is 3. The van der Waals surface area contributed by atoms with Gasteiger partial charge in [0.25, 0.3) is 0 Å². The Balaban J connectivity index is 1.61. The maximum Gasteiger partial charge on any atom is 0.244 e. The Hall–Kier alpha value is -4.54. The van der Waals surface area contributed by atoms with Crippen LogP contribution in [-0.2, 0) is 16.6 Å². The van der Waals surface area contributed by atoms with Crippen LogP contribution in [0.1, 0.15) is 35.1 Å². The summed E-state index contributed by atoms with van der Waals surface area (Å²) in [5.74, 6) is 0.961. The number of nitrogens with one attached hydrogen (secondary N) is 1. The van der Waals surface area contributed by atoms with E-state index in [1.807, 2.05) is 6.07 Å². The summed E-state index contributed by atoms with van der Waals surface area (Å²) in [5, 5.41) is 23.8. The Kier molecular flexibility index (Phi) is 7.72. The van der Waals surface area contributed by atoms with Crippen molar-refractivity contribution in [1.29, 1.82) is 0 Å². The second-order valence-electron chi connectivity index (χ2n) is 10.6. The number of hydrogen-bond acceptors (Lipinski definition) is 8. The quantitative estimate of drug-likeness (QED) is 0.266. The van der Waals surface area contributed by atoms with Gasteiger partial charge in [0.05, 0.1) is 18.8 Å². The summed E-state index contributed by atoms with van der Waals surface area (Å²) in [6, 6.07) is 11.0. The predicted molar refractivity (Wildman–Crippen MR) is 156 cm³/mol. The molecule has 3 atom stereocenters. The van der Waals surface area contributed by atoms with Crippen molar-refractivity contribution < 1.29 is 43.1 Å². The van der Waals surface area contributed by atoms with Gasteiger partial charge in [-0.3, -0.25) is 4.79 Å². The van der Waals surface area contributed by atoms with Crippen LogP contribution < -0.4 is 29.0 Å². The molecule has 0 radical (unpaired) electrons. The molecule has 3 aromatic carbocycles. The van der Waals surface area contributed by atoms with Crippen molar-refractivity contribution in [2.75, 3.05) is 31.9 Å². The van der Waals surface area contributed by atoms with Gasteiger partial charge in [0.2, 0.25) is 12.7 Å². The number of benzene rings is 3. The fourth-order valence-electron chi connectivity index (χ4n) is 5.81. The van der Waals surface area contributed by atoms with E-state index >= 15 is 0 Å². The van der Waals surface area contributed by atoms with E-state index in [-0.39, 0.29) is 31.4 Å². The third-order valence-corrected chi connectivity index (χ3v) is 7.79. The third-order valence-electron chi connectivity index (χ3n) is 7.79. The number of aliphatic hydroxyl groups excluding tert-OH is 2. The van der Waals surface area contributed by atoms with Gasteiger partial charge in [-0.1, -0.05) is 18.2 Å². The van der Waals surface area contributed by atoms with Crippen molar-refractivity contribution in [2.45, 2.75) is 36.9 Å². The minimum Gasteiger partial charge on any atom is -0.493 e. The highest BCUT2D eigenvalue weighted by atomic mass is 19.1. The fraction of sp³-hybridized carbons (Fsp3) is 0.303. The zero-order chi connectivity index (χ0) is 30.1. The van der Waals surface area contributed by atoms with Crippen LogP contribution in [0.15, 0.2) is 67.8 Å². The maximum atomic E-state index is 14.5. The number of rotatable bonds is 12. The molecule has 0 saturated heterocycles. The second kappa shape index (κ2) is 11.6. The van der Waals surface area contributed by atoms with Crippen LogP contribution >= 0.6 is 0 Å². The number of halogens is 1. The minimum atomic E-state index is -1.65. The van der Waals surface area contributed by atoms with Gasteiger partial charge in [-0.2, -0.15) is 0 Å². The predicted octanol–water partition coefficient (Wildman–Crippen LogP) is 4.41. The van der Waals surface area contributed by atoms with E-state index in [1.54, 1.807) is 36.4 Å². The minimum absolute atomic E-state index is 0.0272. The van der Waals surface area contributed by atoms with E-state index in [9.17, 15) is 19.4 Å². The molecule has 0 saturated carbocycles. The summed E-state index contributed by atoms with van der Waals surface area (Å²) in [5.41, 5.74) is 0.724. The molecule has 0 fully saturated rings. The summed E-state index contributed by atoms with van der Waals surface area (Å²) in [6.07, 6.45) is 2.73. The molecule has 1 amide bonds. The van der Waals surface area contributed by atoms with Gasteiger partial charge in [-0.05, 0) is 43.2 Å². The van der Waals surface area contributed by atoms with Gasteiger partial charge in [0.15, 0.2) is 11.5 Å². The van der Waals surface area contributed by atoms with E-state index in [4.69, 9.17) is 23.7 Å². The van der Waals surface area contributed by atoms with Crippen LogP contribution in [0.5, 0.6) is 28.7 Å². The van der Waals surface area contributed by atoms with Crippen molar-refractivity contribution in [3.8, 4) is 28.7 Å². The lowest BCUT2D eigenvalue weighted by Gasteiger charge is -2.33. The Bertz CT molecular complexity index is 1510. The van der Waals surface area contributed by atoms with E-state index in [0.717, 1.165) is 5.56 Å². The molecule has 3 N–H and O–H groups in total. The number of amides is 1. The first-order valence-corrected chi connectivity index (χ1v) is 14.0. The zero-order valence-electron chi connectivity index (χ0n) is 23.4. The number of fused-ring (bicyclic) bond motifs is 3. The van der Waals surface area contributed by atoms with Crippen molar-refractivity contribution in [3.05, 3.63) is 95.8 Å². The van der Waals surface area contributed by atoms with Crippen LogP contribution in [-0.4, -0.2) is 54.9 Å². The summed E-state index contributed by atoms with van der Waals surface area (Å²) in [4.78, 5) is 14.5.